The molecule has 2 aromatic heterocycles. The minimum atomic E-state index is -0.289. The molecule has 19 heavy (non-hydrogen) atoms. The van der Waals surface area contributed by atoms with Crippen LogP contribution < -0.4 is 11.1 Å². The molecule has 0 saturated heterocycles. The molecule has 0 aromatic carbocycles. The number of nitrogens with one attached hydrogen (secondary N) is 1. The molecule has 2 rings (SSSR count). The van der Waals surface area contributed by atoms with E-state index in [1.807, 2.05) is 0 Å². The maximum Gasteiger partial charge on any atom is 0.275 e. The fourth-order valence-corrected chi connectivity index (χ4v) is 1.79. The van der Waals surface area contributed by atoms with Gasteiger partial charge >= 0.3 is 0 Å². The second-order valence-corrected chi connectivity index (χ2v) is 4.39. The fourth-order valence-electron chi connectivity index (χ4n) is 1.60. The van der Waals surface area contributed by atoms with Crippen LogP contribution in [0.2, 0.25) is 5.15 Å². The van der Waals surface area contributed by atoms with Crippen LogP contribution in [0.15, 0.2) is 24.7 Å². The Balaban J connectivity index is 2.11. The molecular weight excluding hydrogens is 266 g/mol. The van der Waals surface area contributed by atoms with E-state index in [0.717, 1.165) is 0 Å². The number of aryl methyl sites for hydroxylation is 1. The topological polar surface area (TPSA) is 85.8 Å². The number of hydrogen-bond acceptors (Lipinski definition) is 4. The Kier molecular flexibility index (Phi) is 4.13. The average molecular weight is 280 g/mol. The van der Waals surface area contributed by atoms with Crippen LogP contribution in [0.4, 0.5) is 5.69 Å². The summed E-state index contributed by atoms with van der Waals surface area (Å²) in [5.74, 6) is -0.289. The van der Waals surface area contributed by atoms with Crippen molar-refractivity contribution in [1.82, 2.24) is 14.5 Å². The van der Waals surface area contributed by atoms with Gasteiger partial charge in [0.1, 0.15) is 10.8 Å². The van der Waals surface area contributed by atoms with Gasteiger partial charge in [0, 0.05) is 19.3 Å². The highest BCUT2D eigenvalue weighted by molar-refractivity contribution is 6.29. The van der Waals surface area contributed by atoms with Crippen molar-refractivity contribution in [1.29, 1.82) is 0 Å². The lowest BCUT2D eigenvalue weighted by molar-refractivity contribution is 0.102. The lowest BCUT2D eigenvalue weighted by Crippen LogP contribution is -2.14. The van der Waals surface area contributed by atoms with Crippen molar-refractivity contribution >= 4 is 23.2 Å². The number of hydrogen-bond donors (Lipinski definition) is 2. The lowest BCUT2D eigenvalue weighted by atomic mass is 10.3. The van der Waals surface area contributed by atoms with Crippen molar-refractivity contribution in [3.63, 3.8) is 0 Å². The normalized spacial score (nSPS) is 10.5. The second kappa shape index (κ2) is 5.81. The molecule has 100 valence electrons. The zero-order valence-electron chi connectivity index (χ0n) is 10.4. The minimum absolute atomic E-state index is 0.289. The zero-order valence-corrected chi connectivity index (χ0v) is 11.2. The Morgan fingerprint density at radius 2 is 2.32 bits per heavy atom. The molecule has 2 aromatic rings. The zero-order chi connectivity index (χ0) is 13.8. The van der Waals surface area contributed by atoms with Crippen molar-refractivity contribution in [2.24, 2.45) is 5.73 Å². The first-order valence-electron chi connectivity index (χ1n) is 5.76. The third kappa shape index (κ3) is 3.30. The van der Waals surface area contributed by atoms with E-state index in [4.69, 9.17) is 17.3 Å². The number of aromatic nitrogens is 3. The quantitative estimate of drug-likeness (QED) is 0.830. The molecule has 0 aliphatic heterocycles. The molecule has 0 unspecified atom stereocenters. The van der Waals surface area contributed by atoms with Crippen LogP contribution in [-0.4, -0.2) is 27.0 Å². The van der Waals surface area contributed by atoms with Gasteiger partial charge in [0.2, 0.25) is 0 Å². The first-order valence-corrected chi connectivity index (χ1v) is 6.14. The number of nitrogens with two attached hydrogens (primary N) is 1. The molecular formula is C12H14ClN5O. The third-order valence-corrected chi connectivity index (χ3v) is 2.76. The number of amides is 1. The Hall–Kier alpha value is -1.92. The molecule has 0 saturated carbocycles. The van der Waals surface area contributed by atoms with E-state index >= 15 is 0 Å². The van der Waals surface area contributed by atoms with Crippen LogP contribution in [0, 0.1) is 6.92 Å². The maximum absolute atomic E-state index is 12.0. The van der Waals surface area contributed by atoms with Crippen molar-refractivity contribution < 1.29 is 4.79 Å². The van der Waals surface area contributed by atoms with Gasteiger partial charge in [-0.05, 0) is 19.1 Å². The second-order valence-electron chi connectivity index (χ2n) is 4.01. The van der Waals surface area contributed by atoms with Crippen LogP contribution in [0.5, 0.6) is 0 Å². The van der Waals surface area contributed by atoms with Crippen molar-refractivity contribution in [3.8, 4) is 0 Å². The average Bonchev–Trinajstić information content (AvgIpc) is 2.82. The van der Waals surface area contributed by atoms with E-state index in [1.54, 1.807) is 36.1 Å². The molecule has 0 aliphatic carbocycles. The Labute approximate surface area is 115 Å². The number of nitrogens with zero attached hydrogens (tertiary/aromatic N) is 3. The summed E-state index contributed by atoms with van der Waals surface area (Å²) >= 11 is 5.76. The van der Waals surface area contributed by atoms with Gasteiger partial charge < -0.3 is 15.6 Å². The molecule has 6 nitrogen and oxygen atoms in total. The van der Waals surface area contributed by atoms with Crippen LogP contribution in [0.1, 0.15) is 16.2 Å². The summed E-state index contributed by atoms with van der Waals surface area (Å²) in [5, 5.41) is 3.13. The number of pyridine rings is 1. The van der Waals surface area contributed by atoms with Crippen LogP contribution in [-0.2, 0) is 6.54 Å². The molecule has 2 heterocycles. The van der Waals surface area contributed by atoms with Gasteiger partial charge in [-0.2, -0.15) is 0 Å². The number of rotatable bonds is 4. The highest BCUT2D eigenvalue weighted by atomic mass is 35.5. The van der Waals surface area contributed by atoms with E-state index in [-0.39, 0.29) is 5.91 Å². The van der Waals surface area contributed by atoms with E-state index in [1.165, 1.54) is 0 Å². The monoisotopic (exact) mass is 279 g/mol. The molecule has 0 spiro atoms. The SMILES string of the molecule is Cc1nc(Cl)ccc1NC(=O)c1cn(CCN)cn1. The Morgan fingerprint density at radius 3 is 3.00 bits per heavy atom. The van der Waals surface area contributed by atoms with Crippen LogP contribution in [0.3, 0.4) is 0 Å². The molecule has 3 N–H and O–H groups in total. The predicted octanol–water partition coefficient (Wildman–Crippen LogP) is 1.45. The van der Waals surface area contributed by atoms with Gasteiger partial charge in [-0.1, -0.05) is 11.6 Å². The summed E-state index contributed by atoms with van der Waals surface area (Å²) in [6.07, 6.45) is 3.23. The molecule has 0 fully saturated rings. The van der Waals surface area contributed by atoms with Crippen LogP contribution >= 0.6 is 11.6 Å². The molecule has 0 bridgehead atoms. The standard InChI is InChI=1S/C12H14ClN5O/c1-8-9(2-3-11(13)16-8)17-12(19)10-6-18(5-4-14)7-15-10/h2-3,6-7H,4-5,14H2,1H3,(H,17,19). The van der Waals surface area contributed by atoms with Gasteiger partial charge in [0.15, 0.2) is 0 Å². The summed E-state index contributed by atoms with van der Waals surface area (Å²) < 4.78 is 1.77. The largest absolute Gasteiger partial charge is 0.335 e. The lowest BCUT2D eigenvalue weighted by Gasteiger charge is -2.06. The third-order valence-electron chi connectivity index (χ3n) is 2.55. The van der Waals surface area contributed by atoms with E-state index < -0.39 is 0 Å². The number of carbonyl (C=O) groups excluding carboxylic acids is 1. The van der Waals surface area contributed by atoms with Crippen molar-refractivity contribution in [2.45, 2.75) is 13.5 Å². The van der Waals surface area contributed by atoms with Gasteiger partial charge in [-0.3, -0.25) is 4.79 Å². The molecule has 0 radical (unpaired) electrons. The summed E-state index contributed by atoms with van der Waals surface area (Å²) in [5.41, 5.74) is 7.04. The number of carbonyl (C=O) groups is 1. The summed E-state index contributed by atoms with van der Waals surface area (Å²) in [6, 6.07) is 3.33. The van der Waals surface area contributed by atoms with Crippen molar-refractivity contribution in [2.75, 3.05) is 11.9 Å². The van der Waals surface area contributed by atoms with Gasteiger partial charge in [0.05, 0.1) is 17.7 Å². The first-order chi connectivity index (χ1) is 9.10. The Bertz CT molecular complexity index is 596. The van der Waals surface area contributed by atoms with E-state index in [2.05, 4.69) is 15.3 Å². The molecule has 1 amide bonds. The molecule has 0 aliphatic rings. The first kappa shape index (κ1) is 13.5. The minimum Gasteiger partial charge on any atom is -0.335 e. The van der Waals surface area contributed by atoms with E-state index in [0.29, 0.717) is 35.3 Å². The highest BCUT2D eigenvalue weighted by Gasteiger charge is 2.11. The summed E-state index contributed by atoms with van der Waals surface area (Å²) in [4.78, 5) is 20.1. The number of halogens is 1. The molecule has 7 heteroatoms. The molecule has 0 atom stereocenters. The summed E-state index contributed by atoms with van der Waals surface area (Å²) in [6.45, 7) is 2.90. The van der Waals surface area contributed by atoms with Crippen molar-refractivity contribution in [3.05, 3.63) is 41.2 Å². The van der Waals surface area contributed by atoms with Gasteiger partial charge in [-0.25, -0.2) is 9.97 Å². The van der Waals surface area contributed by atoms with Gasteiger partial charge in [0.25, 0.3) is 5.91 Å². The fraction of sp³-hybridized carbons (Fsp3) is 0.250. The Morgan fingerprint density at radius 1 is 1.53 bits per heavy atom. The van der Waals surface area contributed by atoms with Gasteiger partial charge in [-0.15, -0.1) is 0 Å². The highest BCUT2D eigenvalue weighted by Crippen LogP contribution is 2.16. The number of anilines is 1. The maximum atomic E-state index is 12.0. The van der Waals surface area contributed by atoms with E-state index in [9.17, 15) is 4.79 Å². The van der Waals surface area contributed by atoms with Crippen LogP contribution in [0.25, 0.3) is 0 Å². The predicted molar refractivity (Wildman–Crippen MR) is 73.2 cm³/mol. The number of imidazole rings is 1. The smallest absolute Gasteiger partial charge is 0.275 e. The summed E-state index contributed by atoms with van der Waals surface area (Å²) in [7, 11) is 0.